The van der Waals surface area contributed by atoms with Crippen LogP contribution in [0.15, 0.2) is 24.3 Å². The fraction of sp³-hybridized carbons (Fsp3) is 0.887. The van der Waals surface area contributed by atoms with Crippen LogP contribution in [0, 0.1) is 0 Å². The van der Waals surface area contributed by atoms with Crippen molar-refractivity contribution in [2.24, 2.45) is 0 Å². The van der Waals surface area contributed by atoms with Crippen molar-refractivity contribution in [1.82, 2.24) is 5.32 Å². The van der Waals surface area contributed by atoms with E-state index in [0.717, 1.165) is 44.9 Å². The van der Waals surface area contributed by atoms with Crippen LogP contribution in [-0.4, -0.2) is 47.4 Å². The Balaban J connectivity index is 3.41. The van der Waals surface area contributed by atoms with Crippen molar-refractivity contribution in [3.63, 3.8) is 0 Å². The van der Waals surface area contributed by atoms with Gasteiger partial charge < -0.3 is 20.3 Å². The largest absolute Gasteiger partial charge is 0.466 e. The monoisotopic (exact) mass is 832 g/mol. The lowest BCUT2D eigenvalue weighted by Gasteiger charge is -2.20. The third-order valence-corrected chi connectivity index (χ3v) is 12.0. The Morgan fingerprint density at radius 1 is 0.458 bits per heavy atom. The molecule has 0 fully saturated rings. The van der Waals surface area contributed by atoms with Gasteiger partial charge in [-0.05, 0) is 57.8 Å². The van der Waals surface area contributed by atoms with Gasteiger partial charge in [0.15, 0.2) is 0 Å². The van der Waals surface area contributed by atoms with Gasteiger partial charge in [-0.2, -0.15) is 0 Å². The molecule has 0 radical (unpaired) electrons. The van der Waals surface area contributed by atoms with Crippen LogP contribution in [0.25, 0.3) is 0 Å². The molecule has 3 N–H and O–H groups in total. The minimum absolute atomic E-state index is 0.00851. The molecule has 59 heavy (non-hydrogen) atoms. The molecule has 6 nitrogen and oxygen atoms in total. The number of rotatable bonds is 48. The molecule has 0 aromatic carbocycles. The van der Waals surface area contributed by atoms with E-state index in [1.165, 1.54) is 205 Å². The van der Waals surface area contributed by atoms with E-state index in [1.807, 2.05) is 6.08 Å². The Bertz CT molecular complexity index is 920. The SMILES string of the molecule is CCCCCCCCC/C=C/C(O)C(CO)NC(=O)CCCCCCCCC/C=C\CCCCCCCCCCCCCOC(=O)CCCCCCCCCCCCC. The summed E-state index contributed by atoms with van der Waals surface area (Å²) in [5.74, 6) is -0.0694. The lowest BCUT2D eigenvalue weighted by Crippen LogP contribution is -2.45. The van der Waals surface area contributed by atoms with Crippen LogP contribution < -0.4 is 5.32 Å². The van der Waals surface area contributed by atoms with Crippen molar-refractivity contribution in [3.8, 4) is 0 Å². The first-order chi connectivity index (χ1) is 29.0. The highest BCUT2D eigenvalue weighted by Crippen LogP contribution is 2.15. The highest BCUT2D eigenvalue weighted by Gasteiger charge is 2.18. The molecule has 6 heteroatoms. The fourth-order valence-corrected chi connectivity index (χ4v) is 7.92. The standard InChI is InChI=1S/C53H101NO5/c1-3-5-7-9-11-13-26-31-35-39-43-47-53(58)59-48-44-40-36-32-28-25-23-21-19-17-15-14-16-18-20-22-24-27-30-34-38-42-46-52(57)54-50(49-55)51(56)45-41-37-33-29-12-10-8-6-4-2/h16,18,41,45,50-51,55-56H,3-15,17,19-40,42-44,46-49H2,1-2H3,(H,54,57)/b18-16-,45-41+. The number of aliphatic hydroxyl groups excluding tert-OH is 2. The second-order valence-corrected chi connectivity index (χ2v) is 17.9. The Labute approximate surface area is 367 Å². The number of amides is 1. The molecule has 0 bridgehead atoms. The van der Waals surface area contributed by atoms with Gasteiger partial charge in [0.25, 0.3) is 0 Å². The molecule has 1 amide bonds. The van der Waals surface area contributed by atoms with Crippen molar-refractivity contribution >= 4 is 11.9 Å². The maximum atomic E-state index is 12.4. The summed E-state index contributed by atoms with van der Waals surface area (Å²) < 4.78 is 5.45. The summed E-state index contributed by atoms with van der Waals surface area (Å²) in [5.41, 5.74) is 0. The Morgan fingerprint density at radius 3 is 1.20 bits per heavy atom. The van der Waals surface area contributed by atoms with E-state index in [-0.39, 0.29) is 18.5 Å². The molecule has 0 aliphatic rings. The molecule has 0 saturated carbocycles. The summed E-state index contributed by atoms with van der Waals surface area (Å²) in [6.07, 6.45) is 57.7. The van der Waals surface area contributed by atoms with Crippen LogP contribution in [0.2, 0.25) is 0 Å². The zero-order chi connectivity index (χ0) is 43.0. The average molecular weight is 832 g/mol. The molecule has 2 unspecified atom stereocenters. The molecule has 0 aliphatic heterocycles. The Kier molecular flexibility index (Phi) is 47.6. The molecule has 0 spiro atoms. The second kappa shape index (κ2) is 49.0. The summed E-state index contributed by atoms with van der Waals surface area (Å²) in [6.45, 7) is 4.86. The normalized spacial score (nSPS) is 12.8. The number of aliphatic hydroxyl groups is 2. The van der Waals surface area contributed by atoms with Crippen molar-refractivity contribution in [2.75, 3.05) is 13.2 Å². The topological polar surface area (TPSA) is 95.9 Å². The molecule has 348 valence electrons. The lowest BCUT2D eigenvalue weighted by molar-refractivity contribution is -0.143. The third kappa shape index (κ3) is 45.7. The number of ether oxygens (including phenoxy) is 1. The summed E-state index contributed by atoms with van der Waals surface area (Å²) in [4.78, 5) is 24.3. The number of hydrogen-bond donors (Lipinski definition) is 3. The molecular weight excluding hydrogens is 731 g/mol. The molecule has 0 saturated heterocycles. The zero-order valence-electron chi connectivity index (χ0n) is 39.5. The number of carbonyl (C=O) groups excluding carboxylic acids is 2. The molecule has 0 aromatic heterocycles. The quantitative estimate of drug-likeness (QED) is 0.0322. The molecule has 0 aliphatic carbocycles. The van der Waals surface area contributed by atoms with Crippen molar-refractivity contribution in [1.29, 1.82) is 0 Å². The van der Waals surface area contributed by atoms with Crippen molar-refractivity contribution < 1.29 is 24.5 Å². The van der Waals surface area contributed by atoms with Gasteiger partial charge >= 0.3 is 5.97 Å². The average Bonchev–Trinajstić information content (AvgIpc) is 3.24. The van der Waals surface area contributed by atoms with Crippen LogP contribution in [0.5, 0.6) is 0 Å². The van der Waals surface area contributed by atoms with E-state index < -0.39 is 12.1 Å². The fourth-order valence-electron chi connectivity index (χ4n) is 7.92. The van der Waals surface area contributed by atoms with Crippen molar-refractivity contribution in [3.05, 3.63) is 24.3 Å². The van der Waals surface area contributed by atoms with Crippen LogP contribution >= 0.6 is 0 Å². The summed E-state index contributed by atoms with van der Waals surface area (Å²) in [6, 6.07) is -0.630. The summed E-state index contributed by atoms with van der Waals surface area (Å²) >= 11 is 0. The van der Waals surface area contributed by atoms with Crippen LogP contribution in [0.1, 0.15) is 277 Å². The molecule has 0 heterocycles. The van der Waals surface area contributed by atoms with E-state index in [4.69, 9.17) is 4.74 Å². The lowest BCUT2D eigenvalue weighted by atomic mass is 10.0. The Morgan fingerprint density at radius 2 is 0.797 bits per heavy atom. The molecule has 2 atom stereocenters. The maximum absolute atomic E-state index is 12.4. The van der Waals surface area contributed by atoms with Crippen molar-refractivity contribution in [2.45, 2.75) is 289 Å². The van der Waals surface area contributed by atoms with E-state index in [2.05, 4.69) is 31.3 Å². The van der Waals surface area contributed by atoms with E-state index in [1.54, 1.807) is 6.08 Å². The van der Waals surface area contributed by atoms with E-state index in [9.17, 15) is 19.8 Å². The van der Waals surface area contributed by atoms with Gasteiger partial charge in [-0.15, -0.1) is 0 Å². The first kappa shape index (κ1) is 57.3. The maximum Gasteiger partial charge on any atom is 0.305 e. The van der Waals surface area contributed by atoms with Crippen LogP contribution in [0.3, 0.4) is 0 Å². The highest BCUT2D eigenvalue weighted by atomic mass is 16.5. The van der Waals surface area contributed by atoms with Gasteiger partial charge in [0.2, 0.25) is 5.91 Å². The van der Waals surface area contributed by atoms with Crippen LogP contribution in [0.4, 0.5) is 0 Å². The smallest absolute Gasteiger partial charge is 0.305 e. The summed E-state index contributed by atoms with van der Waals surface area (Å²) in [7, 11) is 0. The van der Waals surface area contributed by atoms with Crippen LogP contribution in [-0.2, 0) is 14.3 Å². The minimum Gasteiger partial charge on any atom is -0.466 e. The molecular formula is C53H101NO5. The third-order valence-electron chi connectivity index (χ3n) is 12.0. The number of esters is 1. The van der Waals surface area contributed by atoms with Gasteiger partial charge in [-0.3, -0.25) is 9.59 Å². The molecule has 0 rings (SSSR count). The van der Waals surface area contributed by atoms with E-state index in [0.29, 0.717) is 19.4 Å². The predicted octanol–water partition coefficient (Wildman–Crippen LogP) is 15.5. The number of hydrogen-bond acceptors (Lipinski definition) is 5. The zero-order valence-corrected chi connectivity index (χ0v) is 39.5. The first-order valence-electron chi connectivity index (χ1n) is 26.1. The highest BCUT2D eigenvalue weighted by molar-refractivity contribution is 5.76. The predicted molar refractivity (Wildman–Crippen MR) is 255 cm³/mol. The van der Waals surface area contributed by atoms with Gasteiger partial charge in [0, 0.05) is 12.8 Å². The Hall–Kier alpha value is -1.66. The van der Waals surface area contributed by atoms with E-state index >= 15 is 0 Å². The number of nitrogens with one attached hydrogen (secondary N) is 1. The number of carbonyl (C=O) groups is 2. The van der Waals surface area contributed by atoms with Gasteiger partial charge in [-0.25, -0.2) is 0 Å². The van der Waals surface area contributed by atoms with Gasteiger partial charge in [0.05, 0.1) is 25.4 Å². The second-order valence-electron chi connectivity index (χ2n) is 17.9. The minimum atomic E-state index is -0.845. The number of allylic oxidation sites excluding steroid dienone is 3. The number of unbranched alkanes of at least 4 members (excludes halogenated alkanes) is 35. The van der Waals surface area contributed by atoms with Gasteiger partial charge in [0.1, 0.15) is 0 Å². The molecule has 0 aromatic rings. The first-order valence-corrected chi connectivity index (χ1v) is 26.1. The summed E-state index contributed by atoms with van der Waals surface area (Å²) in [5, 5.41) is 22.9. The van der Waals surface area contributed by atoms with Gasteiger partial charge in [-0.1, -0.05) is 231 Å².